The van der Waals surface area contributed by atoms with Crippen molar-refractivity contribution in [3.63, 3.8) is 0 Å². The molecule has 0 saturated carbocycles. The molecule has 8 heteroatoms. The molecule has 2 aromatic rings. The summed E-state index contributed by atoms with van der Waals surface area (Å²) in [4.78, 5) is 13.3. The van der Waals surface area contributed by atoms with E-state index in [0.717, 1.165) is 11.3 Å². The van der Waals surface area contributed by atoms with E-state index in [4.69, 9.17) is 5.11 Å². The van der Waals surface area contributed by atoms with Crippen LogP contribution in [0.5, 0.6) is 0 Å². The van der Waals surface area contributed by atoms with Gasteiger partial charge in [0.15, 0.2) is 0 Å². The first-order chi connectivity index (χ1) is 10.0. The third-order valence-electron chi connectivity index (χ3n) is 2.50. The molecular weight excluding hydrogens is 312 g/mol. The zero-order valence-corrected chi connectivity index (χ0v) is 12.4. The van der Waals surface area contributed by atoms with Crippen LogP contribution in [0.15, 0.2) is 39.3 Å². The molecule has 21 heavy (non-hydrogen) atoms. The van der Waals surface area contributed by atoms with E-state index in [1.807, 2.05) is 0 Å². The predicted octanol–water partition coefficient (Wildman–Crippen LogP) is 0.259. The van der Waals surface area contributed by atoms with Gasteiger partial charge in [0.2, 0.25) is 10.0 Å². The number of aromatic amines is 1. The fraction of sp³-hybridized carbons (Fsp3) is 0.154. The molecule has 0 amide bonds. The maximum atomic E-state index is 12.3. The summed E-state index contributed by atoms with van der Waals surface area (Å²) in [6.07, 6.45) is 0. The molecule has 3 N–H and O–H groups in total. The number of benzene rings is 1. The molecule has 0 atom stereocenters. The van der Waals surface area contributed by atoms with Gasteiger partial charge in [-0.15, -0.1) is 0 Å². The van der Waals surface area contributed by atoms with E-state index in [9.17, 15) is 13.2 Å². The summed E-state index contributed by atoms with van der Waals surface area (Å²) < 4.78 is 26.9. The number of sulfonamides is 1. The summed E-state index contributed by atoms with van der Waals surface area (Å²) in [6.45, 7) is -0.360. The zero-order chi connectivity index (χ0) is 15.3. The Kier molecular flexibility index (Phi) is 4.93. The van der Waals surface area contributed by atoms with E-state index in [1.54, 1.807) is 23.6 Å². The Balaban J connectivity index is 2.25. The summed E-state index contributed by atoms with van der Waals surface area (Å²) in [7, 11) is -3.76. The van der Waals surface area contributed by atoms with E-state index < -0.39 is 10.0 Å². The van der Waals surface area contributed by atoms with Gasteiger partial charge in [-0.25, -0.2) is 13.1 Å². The maximum Gasteiger partial charge on any atom is 0.304 e. The number of rotatable bonds is 4. The van der Waals surface area contributed by atoms with Crippen molar-refractivity contribution in [3.05, 3.63) is 50.6 Å². The van der Waals surface area contributed by atoms with Crippen LogP contribution < -0.4 is 9.60 Å². The molecule has 1 heterocycles. The molecular formula is C13H12N2O4S2. The second-order valence-electron chi connectivity index (χ2n) is 3.95. The third-order valence-corrected chi connectivity index (χ3v) is 4.68. The molecule has 0 spiro atoms. The smallest absolute Gasteiger partial charge is 0.304 e. The van der Waals surface area contributed by atoms with Crippen LogP contribution in [0.1, 0.15) is 11.3 Å². The lowest BCUT2D eigenvalue weighted by atomic mass is 10.2. The SMILES string of the molecule is O=c1[nH]c(CNS(=O)(=O)c2ccccc2C#CCO)cs1. The number of aliphatic hydroxyl groups excluding tert-OH is 1. The lowest BCUT2D eigenvalue weighted by Gasteiger charge is -2.07. The Morgan fingerprint density at radius 3 is 2.76 bits per heavy atom. The van der Waals surface area contributed by atoms with E-state index >= 15 is 0 Å². The summed E-state index contributed by atoms with van der Waals surface area (Å²) in [5.41, 5.74) is 0.797. The highest BCUT2D eigenvalue weighted by molar-refractivity contribution is 7.89. The first kappa shape index (κ1) is 15.5. The van der Waals surface area contributed by atoms with E-state index in [-0.39, 0.29) is 22.9 Å². The monoisotopic (exact) mass is 324 g/mol. The Morgan fingerprint density at radius 1 is 1.33 bits per heavy atom. The topological polar surface area (TPSA) is 99.3 Å². The van der Waals surface area contributed by atoms with E-state index in [2.05, 4.69) is 21.5 Å². The minimum atomic E-state index is -3.76. The molecule has 0 aliphatic heterocycles. The Hall–Kier alpha value is -1.92. The first-order valence-corrected chi connectivity index (χ1v) is 8.24. The molecule has 0 saturated heterocycles. The highest BCUT2D eigenvalue weighted by Gasteiger charge is 2.17. The Labute approximate surface area is 125 Å². The van der Waals surface area contributed by atoms with Crippen LogP contribution in [0.3, 0.4) is 0 Å². The lowest BCUT2D eigenvalue weighted by Crippen LogP contribution is -2.24. The van der Waals surface area contributed by atoms with Crippen molar-refractivity contribution in [2.45, 2.75) is 11.4 Å². The molecule has 0 bridgehead atoms. The van der Waals surface area contributed by atoms with Crippen molar-refractivity contribution in [1.82, 2.24) is 9.71 Å². The lowest BCUT2D eigenvalue weighted by molar-refractivity contribution is 0.350. The normalized spacial score (nSPS) is 10.9. The van der Waals surface area contributed by atoms with Gasteiger partial charge in [0.1, 0.15) is 6.61 Å². The summed E-state index contributed by atoms with van der Waals surface area (Å²) in [6, 6.07) is 6.24. The summed E-state index contributed by atoms with van der Waals surface area (Å²) in [5.74, 6) is 5.02. The van der Waals surface area contributed by atoms with Gasteiger partial charge in [-0.2, -0.15) is 0 Å². The largest absolute Gasteiger partial charge is 0.384 e. The van der Waals surface area contributed by atoms with Crippen molar-refractivity contribution in [2.24, 2.45) is 0 Å². The minimum Gasteiger partial charge on any atom is -0.384 e. The average Bonchev–Trinajstić information content (AvgIpc) is 2.89. The molecule has 2 rings (SSSR count). The molecule has 0 aliphatic rings. The van der Waals surface area contributed by atoms with Gasteiger partial charge in [0.05, 0.1) is 11.4 Å². The van der Waals surface area contributed by atoms with E-state index in [1.165, 1.54) is 6.07 Å². The second kappa shape index (κ2) is 6.69. The number of hydrogen-bond donors (Lipinski definition) is 3. The quantitative estimate of drug-likeness (QED) is 0.702. The van der Waals surface area contributed by atoms with Crippen LogP contribution in [-0.2, 0) is 16.6 Å². The van der Waals surface area contributed by atoms with Crippen molar-refractivity contribution in [1.29, 1.82) is 0 Å². The molecule has 110 valence electrons. The van der Waals surface area contributed by atoms with Gasteiger partial charge in [-0.3, -0.25) is 4.79 Å². The van der Waals surface area contributed by atoms with Crippen LogP contribution >= 0.6 is 11.3 Å². The number of aromatic nitrogens is 1. The molecule has 0 unspecified atom stereocenters. The highest BCUT2D eigenvalue weighted by Crippen LogP contribution is 2.14. The average molecular weight is 324 g/mol. The molecule has 0 radical (unpaired) electrons. The fourth-order valence-electron chi connectivity index (χ4n) is 1.59. The van der Waals surface area contributed by atoms with Gasteiger partial charge >= 0.3 is 4.87 Å². The van der Waals surface area contributed by atoms with Gasteiger partial charge in [-0.05, 0) is 12.1 Å². The second-order valence-corrected chi connectivity index (χ2v) is 6.53. The van der Waals surface area contributed by atoms with Crippen LogP contribution in [-0.4, -0.2) is 25.1 Å². The number of nitrogens with one attached hydrogen (secondary N) is 2. The minimum absolute atomic E-state index is 0.0111. The third kappa shape index (κ3) is 4.03. The van der Waals surface area contributed by atoms with Crippen molar-refractivity contribution in [3.8, 4) is 11.8 Å². The maximum absolute atomic E-state index is 12.3. The highest BCUT2D eigenvalue weighted by atomic mass is 32.2. The van der Waals surface area contributed by atoms with Crippen molar-refractivity contribution >= 4 is 21.4 Å². The number of aliphatic hydroxyl groups is 1. The van der Waals surface area contributed by atoms with Crippen LogP contribution in [0.25, 0.3) is 0 Å². The van der Waals surface area contributed by atoms with Crippen molar-refractivity contribution in [2.75, 3.05) is 6.61 Å². The molecule has 0 fully saturated rings. The van der Waals surface area contributed by atoms with Crippen LogP contribution in [0.4, 0.5) is 0 Å². The standard InChI is InChI=1S/C13H12N2O4S2/c16-7-3-5-10-4-1-2-6-12(10)21(18,19)14-8-11-9-20-13(17)15-11/h1-2,4,6,9,14,16H,7-8H2,(H,15,17). The van der Waals surface area contributed by atoms with Gasteiger partial charge in [-0.1, -0.05) is 35.3 Å². The molecule has 1 aromatic carbocycles. The fourth-order valence-corrected chi connectivity index (χ4v) is 3.34. The molecule has 1 aromatic heterocycles. The van der Waals surface area contributed by atoms with Gasteiger partial charge in [0, 0.05) is 16.6 Å². The van der Waals surface area contributed by atoms with Crippen LogP contribution in [0, 0.1) is 11.8 Å². The van der Waals surface area contributed by atoms with Crippen molar-refractivity contribution < 1.29 is 13.5 Å². The van der Waals surface area contributed by atoms with E-state index in [0.29, 0.717) is 11.3 Å². The van der Waals surface area contributed by atoms with Gasteiger partial charge in [0.25, 0.3) is 0 Å². The summed E-state index contributed by atoms with van der Waals surface area (Å²) >= 11 is 0.969. The van der Waals surface area contributed by atoms with Crippen LogP contribution in [0.2, 0.25) is 0 Å². The number of hydrogen-bond acceptors (Lipinski definition) is 5. The predicted molar refractivity (Wildman–Crippen MR) is 79.4 cm³/mol. The Bertz CT molecular complexity index is 841. The number of H-pyrrole nitrogens is 1. The summed E-state index contributed by atoms with van der Waals surface area (Å²) in [5, 5.41) is 10.3. The zero-order valence-electron chi connectivity index (χ0n) is 10.8. The Morgan fingerprint density at radius 2 is 2.10 bits per heavy atom. The van der Waals surface area contributed by atoms with Gasteiger partial charge < -0.3 is 10.1 Å². The molecule has 6 nitrogen and oxygen atoms in total. The molecule has 0 aliphatic carbocycles. The number of thiazole rings is 1. The first-order valence-electron chi connectivity index (χ1n) is 5.88.